The molecule has 0 saturated carbocycles. The van der Waals surface area contributed by atoms with Crippen LogP contribution in [-0.2, 0) is 0 Å². The van der Waals surface area contributed by atoms with Crippen LogP contribution in [0.25, 0.3) is 6.08 Å². The molecule has 0 spiro atoms. The average Bonchev–Trinajstić information content (AvgIpc) is 2.71. The van der Waals surface area contributed by atoms with E-state index in [4.69, 9.17) is 4.74 Å². The van der Waals surface area contributed by atoms with Crippen molar-refractivity contribution in [2.75, 3.05) is 12.4 Å². The number of rotatable bonds is 12. The van der Waals surface area contributed by atoms with Gasteiger partial charge in [0.05, 0.1) is 6.61 Å². The first-order valence-corrected chi connectivity index (χ1v) is 10.9. The molecule has 0 aliphatic rings. The highest BCUT2D eigenvalue weighted by atomic mass is 32.2. The third-order valence-electron chi connectivity index (χ3n) is 4.16. The molecule has 2 rings (SSSR count). The van der Waals surface area contributed by atoms with Crippen LogP contribution in [0.15, 0.2) is 59.5 Å². The molecule has 0 saturated heterocycles. The van der Waals surface area contributed by atoms with Crippen molar-refractivity contribution in [2.24, 2.45) is 0 Å². The van der Waals surface area contributed by atoms with Gasteiger partial charge in [-0.15, -0.1) is 11.8 Å². The van der Waals surface area contributed by atoms with E-state index >= 15 is 0 Å². The summed E-state index contributed by atoms with van der Waals surface area (Å²) in [5.41, 5.74) is 1.69. The first kappa shape index (κ1) is 21.3. The van der Waals surface area contributed by atoms with Crippen LogP contribution in [0.5, 0.6) is 5.75 Å². The molecule has 0 aliphatic carbocycles. The van der Waals surface area contributed by atoms with Gasteiger partial charge in [-0.05, 0) is 66.6 Å². The molecule has 0 aliphatic heterocycles. The summed E-state index contributed by atoms with van der Waals surface area (Å²) in [7, 11) is 0. The fraction of sp³-hybridized carbons (Fsp3) is 0.375. The molecule has 0 radical (unpaired) electrons. The SMILES string of the molecule is CCCCCCOc1cccc(C=CC(=O)c2ccc(SCCC)cc2)c1. The number of thioether (sulfide) groups is 1. The van der Waals surface area contributed by atoms with Crippen molar-refractivity contribution in [1.82, 2.24) is 0 Å². The second-order valence-corrected chi connectivity index (χ2v) is 7.72. The van der Waals surface area contributed by atoms with Gasteiger partial charge in [0.15, 0.2) is 5.78 Å². The van der Waals surface area contributed by atoms with E-state index in [0.29, 0.717) is 0 Å². The number of benzene rings is 2. The molecule has 2 aromatic rings. The van der Waals surface area contributed by atoms with Crippen LogP contribution in [0.3, 0.4) is 0 Å². The van der Waals surface area contributed by atoms with Gasteiger partial charge in [-0.2, -0.15) is 0 Å². The van der Waals surface area contributed by atoms with Crippen LogP contribution in [0.2, 0.25) is 0 Å². The topological polar surface area (TPSA) is 26.3 Å². The van der Waals surface area contributed by atoms with Crippen molar-refractivity contribution in [3.8, 4) is 5.75 Å². The van der Waals surface area contributed by atoms with Crippen molar-refractivity contribution in [2.45, 2.75) is 50.8 Å². The minimum Gasteiger partial charge on any atom is -0.494 e. The molecule has 27 heavy (non-hydrogen) atoms. The fourth-order valence-corrected chi connectivity index (χ4v) is 3.40. The molecule has 2 aromatic carbocycles. The van der Waals surface area contributed by atoms with Gasteiger partial charge in [-0.3, -0.25) is 4.79 Å². The van der Waals surface area contributed by atoms with Crippen molar-refractivity contribution in [3.05, 3.63) is 65.7 Å². The summed E-state index contributed by atoms with van der Waals surface area (Å²) in [6, 6.07) is 15.7. The molecule has 0 heterocycles. The molecule has 0 bridgehead atoms. The lowest BCUT2D eigenvalue weighted by molar-refractivity contribution is 0.104. The van der Waals surface area contributed by atoms with Crippen molar-refractivity contribution in [3.63, 3.8) is 0 Å². The lowest BCUT2D eigenvalue weighted by Gasteiger charge is -2.06. The largest absolute Gasteiger partial charge is 0.494 e. The Morgan fingerprint density at radius 1 is 1.00 bits per heavy atom. The van der Waals surface area contributed by atoms with Gasteiger partial charge >= 0.3 is 0 Å². The lowest BCUT2D eigenvalue weighted by atomic mass is 10.1. The van der Waals surface area contributed by atoms with Gasteiger partial charge < -0.3 is 4.74 Å². The van der Waals surface area contributed by atoms with Gasteiger partial charge in [0.2, 0.25) is 0 Å². The Morgan fingerprint density at radius 3 is 2.56 bits per heavy atom. The molecule has 0 aromatic heterocycles. The molecule has 2 nitrogen and oxygen atoms in total. The molecule has 3 heteroatoms. The lowest BCUT2D eigenvalue weighted by Crippen LogP contribution is -1.97. The smallest absolute Gasteiger partial charge is 0.185 e. The summed E-state index contributed by atoms with van der Waals surface area (Å²) in [6.45, 7) is 5.12. The second-order valence-electron chi connectivity index (χ2n) is 6.55. The van der Waals surface area contributed by atoms with Crippen molar-refractivity contribution < 1.29 is 9.53 Å². The monoisotopic (exact) mass is 382 g/mol. The minimum atomic E-state index is 0.0212. The summed E-state index contributed by atoms with van der Waals surface area (Å²) in [4.78, 5) is 13.6. The number of ketones is 1. The zero-order valence-electron chi connectivity index (χ0n) is 16.4. The van der Waals surface area contributed by atoms with Crippen LogP contribution in [0.4, 0.5) is 0 Å². The Morgan fingerprint density at radius 2 is 1.81 bits per heavy atom. The molecule has 0 unspecified atom stereocenters. The third kappa shape index (κ3) is 8.04. The Bertz CT molecular complexity index is 719. The molecule has 0 atom stereocenters. The zero-order valence-corrected chi connectivity index (χ0v) is 17.3. The molecule has 144 valence electrons. The van der Waals surface area contributed by atoms with E-state index in [-0.39, 0.29) is 5.78 Å². The Balaban J connectivity index is 1.88. The highest BCUT2D eigenvalue weighted by Gasteiger charge is 2.02. The average molecular weight is 383 g/mol. The Labute approximate surface area is 168 Å². The van der Waals surface area contributed by atoms with E-state index in [1.54, 1.807) is 6.08 Å². The van der Waals surface area contributed by atoms with E-state index in [9.17, 15) is 4.79 Å². The summed E-state index contributed by atoms with van der Waals surface area (Å²) in [6.07, 6.45) is 9.41. The van der Waals surface area contributed by atoms with Gasteiger partial charge in [-0.25, -0.2) is 0 Å². The molecule has 0 amide bonds. The van der Waals surface area contributed by atoms with Gasteiger partial charge in [0, 0.05) is 10.5 Å². The quantitative estimate of drug-likeness (QED) is 0.170. The van der Waals surface area contributed by atoms with E-state index in [1.807, 2.05) is 66.4 Å². The van der Waals surface area contributed by atoms with Crippen LogP contribution >= 0.6 is 11.8 Å². The van der Waals surface area contributed by atoms with E-state index in [0.717, 1.165) is 42.1 Å². The molecular formula is C24H30O2S. The Kier molecular flexibility index (Phi) is 9.78. The van der Waals surface area contributed by atoms with Gasteiger partial charge in [0.1, 0.15) is 5.75 Å². The maximum atomic E-state index is 12.4. The first-order chi connectivity index (χ1) is 13.2. The summed E-state index contributed by atoms with van der Waals surface area (Å²) >= 11 is 1.82. The standard InChI is InChI=1S/C24H30O2S/c1-3-5-6-7-17-26-22-10-8-9-20(19-22)11-16-24(25)21-12-14-23(15-13-21)27-18-4-2/h8-16,19H,3-7,17-18H2,1-2H3. The first-order valence-electron chi connectivity index (χ1n) is 9.91. The maximum absolute atomic E-state index is 12.4. The fourth-order valence-electron chi connectivity index (χ4n) is 2.63. The van der Waals surface area contributed by atoms with Crippen molar-refractivity contribution in [1.29, 1.82) is 0 Å². The minimum absolute atomic E-state index is 0.0212. The number of carbonyl (C=O) groups is 1. The van der Waals surface area contributed by atoms with E-state index in [2.05, 4.69) is 13.8 Å². The number of ether oxygens (including phenoxy) is 1. The maximum Gasteiger partial charge on any atom is 0.185 e. The second kappa shape index (κ2) is 12.4. The number of unbranched alkanes of at least 4 members (excludes halogenated alkanes) is 3. The third-order valence-corrected chi connectivity index (χ3v) is 5.38. The molecule has 0 N–H and O–H groups in total. The number of allylic oxidation sites excluding steroid dienone is 1. The summed E-state index contributed by atoms with van der Waals surface area (Å²) < 4.78 is 5.81. The summed E-state index contributed by atoms with van der Waals surface area (Å²) in [5, 5.41) is 0. The van der Waals surface area contributed by atoms with Crippen LogP contribution in [-0.4, -0.2) is 18.1 Å². The normalized spacial score (nSPS) is 11.0. The van der Waals surface area contributed by atoms with Crippen LogP contribution < -0.4 is 4.74 Å². The van der Waals surface area contributed by atoms with Crippen molar-refractivity contribution >= 4 is 23.6 Å². The highest BCUT2D eigenvalue weighted by Crippen LogP contribution is 2.20. The molecular weight excluding hydrogens is 352 g/mol. The summed E-state index contributed by atoms with van der Waals surface area (Å²) in [5.74, 6) is 1.98. The highest BCUT2D eigenvalue weighted by molar-refractivity contribution is 7.99. The molecule has 0 fully saturated rings. The van der Waals surface area contributed by atoms with E-state index in [1.165, 1.54) is 24.2 Å². The zero-order chi connectivity index (χ0) is 19.3. The number of hydrogen-bond donors (Lipinski definition) is 0. The van der Waals surface area contributed by atoms with Gasteiger partial charge in [0.25, 0.3) is 0 Å². The predicted molar refractivity (Wildman–Crippen MR) is 117 cm³/mol. The Hall–Kier alpha value is -2.00. The number of carbonyl (C=O) groups excluding carboxylic acids is 1. The number of hydrogen-bond acceptors (Lipinski definition) is 3. The van der Waals surface area contributed by atoms with Crippen LogP contribution in [0.1, 0.15) is 61.9 Å². The van der Waals surface area contributed by atoms with Gasteiger partial charge in [-0.1, -0.05) is 51.3 Å². The van der Waals surface area contributed by atoms with E-state index < -0.39 is 0 Å². The predicted octanol–water partition coefficient (Wildman–Crippen LogP) is 7.04. The van der Waals surface area contributed by atoms with Crippen LogP contribution in [0, 0.1) is 0 Å².